The highest BCUT2D eigenvalue weighted by Crippen LogP contribution is 2.11. The summed E-state index contributed by atoms with van der Waals surface area (Å²) in [6, 6.07) is 9.50. The summed E-state index contributed by atoms with van der Waals surface area (Å²) < 4.78 is 1.94. The predicted octanol–water partition coefficient (Wildman–Crippen LogP) is 1.76. The first-order valence-corrected chi connectivity index (χ1v) is 8.04. The number of aryl methyl sites for hydroxylation is 2. The molecule has 2 aromatic rings. The van der Waals surface area contributed by atoms with Crippen LogP contribution in [-0.4, -0.2) is 46.6 Å². The van der Waals surface area contributed by atoms with Crippen molar-refractivity contribution in [1.82, 2.24) is 20.0 Å². The molecule has 0 fully saturated rings. The Hall–Kier alpha value is -2.63. The van der Waals surface area contributed by atoms with E-state index in [9.17, 15) is 9.59 Å². The summed E-state index contributed by atoms with van der Waals surface area (Å²) in [4.78, 5) is 25.5. The molecule has 1 N–H and O–H groups in total. The molecule has 1 aromatic carbocycles. The number of amides is 2. The second-order valence-corrected chi connectivity index (χ2v) is 5.77. The zero-order chi connectivity index (χ0) is 17.7. The van der Waals surface area contributed by atoms with E-state index in [2.05, 4.69) is 10.4 Å². The number of nitrogens with one attached hydrogen (secondary N) is 1. The second-order valence-electron chi connectivity index (χ2n) is 5.77. The molecule has 6 nitrogen and oxygen atoms in total. The van der Waals surface area contributed by atoms with Crippen LogP contribution < -0.4 is 5.32 Å². The Balaban J connectivity index is 2.09. The maximum absolute atomic E-state index is 12.5. The first kappa shape index (κ1) is 17.7. The van der Waals surface area contributed by atoms with Gasteiger partial charge in [0.25, 0.3) is 5.91 Å². The molecule has 0 atom stereocenters. The average Bonchev–Trinajstić information content (AvgIpc) is 2.89. The van der Waals surface area contributed by atoms with Gasteiger partial charge in [0.1, 0.15) is 0 Å². The zero-order valence-electron chi connectivity index (χ0n) is 14.7. The van der Waals surface area contributed by atoms with Crippen molar-refractivity contribution in [3.63, 3.8) is 0 Å². The van der Waals surface area contributed by atoms with E-state index in [1.54, 1.807) is 19.2 Å². The fourth-order valence-corrected chi connectivity index (χ4v) is 2.52. The third-order valence-corrected chi connectivity index (χ3v) is 3.92. The first-order valence-electron chi connectivity index (χ1n) is 8.04. The summed E-state index contributed by atoms with van der Waals surface area (Å²) in [5.41, 5.74) is 3.76. The van der Waals surface area contributed by atoms with Gasteiger partial charge in [-0.05, 0) is 44.5 Å². The van der Waals surface area contributed by atoms with E-state index in [4.69, 9.17) is 0 Å². The van der Waals surface area contributed by atoms with Crippen molar-refractivity contribution in [3.05, 3.63) is 52.8 Å². The van der Waals surface area contributed by atoms with Crippen molar-refractivity contribution in [2.75, 3.05) is 20.1 Å². The number of hydrogen-bond donors (Lipinski definition) is 1. The monoisotopic (exact) mass is 328 g/mol. The standard InChI is InChI=1S/C18H24N4O2/c1-5-21(12-17(23)19-4)18(24)16-8-6-15(7-9-16)11-22-14(3)10-13(2)20-22/h6-10H,5,11-12H2,1-4H3,(H,19,23). The lowest BCUT2D eigenvalue weighted by Crippen LogP contribution is -2.39. The van der Waals surface area contributed by atoms with Crippen LogP contribution in [0.5, 0.6) is 0 Å². The average molecular weight is 328 g/mol. The molecule has 0 radical (unpaired) electrons. The van der Waals surface area contributed by atoms with Gasteiger partial charge in [-0.25, -0.2) is 0 Å². The normalized spacial score (nSPS) is 10.5. The summed E-state index contributed by atoms with van der Waals surface area (Å²) in [6.07, 6.45) is 0. The minimum atomic E-state index is -0.175. The number of aromatic nitrogens is 2. The third kappa shape index (κ3) is 4.22. The molecule has 0 aliphatic carbocycles. The zero-order valence-corrected chi connectivity index (χ0v) is 14.7. The van der Waals surface area contributed by atoms with Gasteiger partial charge in [-0.2, -0.15) is 5.10 Å². The van der Waals surface area contributed by atoms with Gasteiger partial charge >= 0.3 is 0 Å². The molecule has 0 aliphatic heterocycles. The Kier molecular flexibility index (Phi) is 5.73. The van der Waals surface area contributed by atoms with Crippen LogP contribution in [0, 0.1) is 13.8 Å². The van der Waals surface area contributed by atoms with E-state index in [0.29, 0.717) is 18.7 Å². The van der Waals surface area contributed by atoms with E-state index in [-0.39, 0.29) is 18.4 Å². The number of carbonyl (C=O) groups is 2. The van der Waals surface area contributed by atoms with Crippen molar-refractivity contribution in [2.45, 2.75) is 27.3 Å². The van der Waals surface area contributed by atoms with Crippen molar-refractivity contribution in [3.8, 4) is 0 Å². The molecule has 128 valence electrons. The molecule has 0 aliphatic rings. The van der Waals surface area contributed by atoms with Gasteiger partial charge in [0.05, 0.1) is 18.8 Å². The molecule has 0 saturated carbocycles. The summed E-state index contributed by atoms with van der Waals surface area (Å²) in [5, 5.41) is 6.98. The maximum atomic E-state index is 12.5. The first-order chi connectivity index (χ1) is 11.4. The van der Waals surface area contributed by atoms with E-state index in [1.165, 1.54) is 4.90 Å². The summed E-state index contributed by atoms with van der Waals surface area (Å²) in [5.74, 6) is -0.315. The molecular weight excluding hydrogens is 304 g/mol. The Bertz CT molecular complexity index is 719. The van der Waals surface area contributed by atoms with Gasteiger partial charge in [0, 0.05) is 24.8 Å². The van der Waals surface area contributed by atoms with Crippen molar-refractivity contribution in [2.24, 2.45) is 0 Å². The Labute approximate surface area is 142 Å². The lowest BCUT2D eigenvalue weighted by atomic mass is 10.1. The van der Waals surface area contributed by atoms with E-state index in [0.717, 1.165) is 17.0 Å². The van der Waals surface area contributed by atoms with Gasteiger partial charge in [-0.1, -0.05) is 12.1 Å². The van der Waals surface area contributed by atoms with Crippen LogP contribution in [0.4, 0.5) is 0 Å². The lowest BCUT2D eigenvalue weighted by Gasteiger charge is -2.20. The summed E-state index contributed by atoms with van der Waals surface area (Å²) in [6.45, 7) is 7.08. The molecule has 2 amide bonds. The minimum Gasteiger partial charge on any atom is -0.358 e. The Morgan fingerprint density at radius 1 is 1.21 bits per heavy atom. The fraction of sp³-hybridized carbons (Fsp3) is 0.389. The van der Waals surface area contributed by atoms with E-state index >= 15 is 0 Å². The summed E-state index contributed by atoms with van der Waals surface area (Å²) in [7, 11) is 1.56. The van der Waals surface area contributed by atoms with Crippen LogP contribution in [0.1, 0.15) is 34.2 Å². The van der Waals surface area contributed by atoms with Crippen LogP contribution in [0.3, 0.4) is 0 Å². The van der Waals surface area contributed by atoms with Gasteiger partial charge in [-0.15, -0.1) is 0 Å². The Morgan fingerprint density at radius 2 is 1.88 bits per heavy atom. The molecule has 1 heterocycles. The van der Waals surface area contributed by atoms with E-state index in [1.807, 2.05) is 43.7 Å². The second kappa shape index (κ2) is 7.77. The number of carbonyl (C=O) groups excluding carboxylic acids is 2. The number of rotatable bonds is 6. The van der Waals surface area contributed by atoms with E-state index < -0.39 is 0 Å². The SMILES string of the molecule is CCN(CC(=O)NC)C(=O)c1ccc(Cn2nc(C)cc2C)cc1. The Morgan fingerprint density at radius 3 is 2.38 bits per heavy atom. The topological polar surface area (TPSA) is 67.2 Å². The van der Waals surface area contributed by atoms with Crippen LogP contribution >= 0.6 is 0 Å². The fourth-order valence-electron chi connectivity index (χ4n) is 2.52. The summed E-state index contributed by atoms with van der Waals surface area (Å²) >= 11 is 0. The molecule has 1 aromatic heterocycles. The maximum Gasteiger partial charge on any atom is 0.254 e. The lowest BCUT2D eigenvalue weighted by molar-refractivity contribution is -0.121. The van der Waals surface area contributed by atoms with Crippen molar-refractivity contribution in [1.29, 1.82) is 0 Å². The highest BCUT2D eigenvalue weighted by molar-refractivity contribution is 5.96. The molecule has 24 heavy (non-hydrogen) atoms. The van der Waals surface area contributed by atoms with Crippen molar-refractivity contribution < 1.29 is 9.59 Å². The quantitative estimate of drug-likeness (QED) is 0.878. The van der Waals surface area contributed by atoms with Gasteiger partial charge < -0.3 is 10.2 Å². The number of hydrogen-bond acceptors (Lipinski definition) is 3. The predicted molar refractivity (Wildman–Crippen MR) is 92.9 cm³/mol. The molecule has 0 spiro atoms. The van der Waals surface area contributed by atoms with Gasteiger partial charge in [-0.3, -0.25) is 14.3 Å². The van der Waals surface area contributed by atoms with Crippen LogP contribution in [0.2, 0.25) is 0 Å². The van der Waals surface area contributed by atoms with Crippen LogP contribution in [0.25, 0.3) is 0 Å². The van der Waals surface area contributed by atoms with Crippen LogP contribution in [0.15, 0.2) is 30.3 Å². The van der Waals surface area contributed by atoms with Crippen molar-refractivity contribution >= 4 is 11.8 Å². The molecule has 2 rings (SSSR count). The van der Waals surface area contributed by atoms with Gasteiger partial charge in [0.2, 0.25) is 5.91 Å². The molecular formula is C18H24N4O2. The number of nitrogens with zero attached hydrogens (tertiary/aromatic N) is 3. The molecule has 0 bridgehead atoms. The molecule has 6 heteroatoms. The van der Waals surface area contributed by atoms with Crippen LogP contribution in [-0.2, 0) is 11.3 Å². The van der Waals surface area contributed by atoms with Gasteiger partial charge in [0.15, 0.2) is 0 Å². The number of likely N-dealkylation sites (N-methyl/N-ethyl adjacent to an activating group) is 2. The largest absolute Gasteiger partial charge is 0.358 e. The smallest absolute Gasteiger partial charge is 0.254 e. The molecule has 0 saturated heterocycles. The highest BCUT2D eigenvalue weighted by Gasteiger charge is 2.16. The molecule has 0 unspecified atom stereocenters. The number of benzene rings is 1. The highest BCUT2D eigenvalue weighted by atomic mass is 16.2. The minimum absolute atomic E-state index is 0.0688. The third-order valence-electron chi connectivity index (χ3n) is 3.92.